The zero-order valence-corrected chi connectivity index (χ0v) is 15.0. The smallest absolute Gasteiger partial charge is 0.262 e. The number of para-hydroxylation sites is 1. The number of carbonyl (C=O) groups is 1. The highest BCUT2D eigenvalue weighted by molar-refractivity contribution is 6.06. The predicted octanol–water partition coefficient (Wildman–Crippen LogP) is 4.65. The summed E-state index contributed by atoms with van der Waals surface area (Å²) in [4.78, 5) is 15.9. The Morgan fingerprint density at radius 2 is 1.86 bits per heavy atom. The van der Waals surface area contributed by atoms with Crippen LogP contribution in [0.3, 0.4) is 0 Å². The number of amides is 1. The number of hydrogen-bond donors (Lipinski definition) is 2. The molecule has 0 spiro atoms. The summed E-state index contributed by atoms with van der Waals surface area (Å²) in [5.41, 5.74) is 3.65. The quantitative estimate of drug-likeness (QED) is 0.398. The van der Waals surface area contributed by atoms with E-state index in [0.29, 0.717) is 5.76 Å². The van der Waals surface area contributed by atoms with Crippen LogP contribution in [0.2, 0.25) is 0 Å². The van der Waals surface area contributed by atoms with Crippen molar-refractivity contribution in [3.63, 3.8) is 0 Å². The third kappa shape index (κ3) is 3.44. The van der Waals surface area contributed by atoms with Crippen LogP contribution in [-0.2, 0) is 11.3 Å². The molecule has 0 saturated heterocycles. The number of nitriles is 1. The number of nitrogens with one attached hydrogen (secondary N) is 2. The van der Waals surface area contributed by atoms with Gasteiger partial charge in [0.1, 0.15) is 17.4 Å². The fourth-order valence-electron chi connectivity index (χ4n) is 3.11. The van der Waals surface area contributed by atoms with Crippen molar-refractivity contribution in [3.05, 3.63) is 89.9 Å². The van der Waals surface area contributed by atoms with E-state index in [2.05, 4.69) is 10.3 Å². The van der Waals surface area contributed by atoms with Crippen LogP contribution in [0.1, 0.15) is 11.3 Å². The molecule has 0 aliphatic rings. The van der Waals surface area contributed by atoms with Gasteiger partial charge in [0.2, 0.25) is 0 Å². The molecule has 4 aromatic rings. The molecule has 2 aromatic carbocycles. The molecule has 28 heavy (non-hydrogen) atoms. The normalized spacial score (nSPS) is 11.3. The summed E-state index contributed by atoms with van der Waals surface area (Å²) in [6.45, 7) is 0.226. The molecule has 0 aliphatic carbocycles. The summed E-state index contributed by atoms with van der Waals surface area (Å²) < 4.78 is 5.22. The third-order valence-electron chi connectivity index (χ3n) is 4.47. The maximum Gasteiger partial charge on any atom is 0.262 e. The molecule has 0 saturated carbocycles. The Hall–Kier alpha value is -4.04. The molecule has 0 bridgehead atoms. The molecule has 2 heterocycles. The number of carbonyl (C=O) groups excluding carboxylic acids is 1. The standard InChI is InChI=1S/C23H17N3O2/c24-14-17(23(27)25-15-18-9-6-12-28-18)13-20-19-10-4-5-11-21(19)26-22(20)16-7-2-1-3-8-16/h1-13,26H,15H2,(H,25,27)/b17-13-. The van der Waals surface area contributed by atoms with Gasteiger partial charge in [0.25, 0.3) is 5.91 Å². The predicted molar refractivity (Wildman–Crippen MR) is 108 cm³/mol. The highest BCUT2D eigenvalue weighted by atomic mass is 16.3. The van der Waals surface area contributed by atoms with E-state index < -0.39 is 5.91 Å². The largest absolute Gasteiger partial charge is 0.467 e. The van der Waals surface area contributed by atoms with Crippen molar-refractivity contribution in [3.8, 4) is 17.3 Å². The first-order valence-electron chi connectivity index (χ1n) is 8.85. The van der Waals surface area contributed by atoms with Gasteiger partial charge in [-0.2, -0.15) is 5.26 Å². The zero-order chi connectivity index (χ0) is 19.3. The Kier molecular flexibility index (Phi) is 4.77. The lowest BCUT2D eigenvalue weighted by atomic mass is 10.0. The van der Waals surface area contributed by atoms with Crippen LogP contribution in [0.4, 0.5) is 0 Å². The van der Waals surface area contributed by atoms with E-state index in [1.165, 1.54) is 0 Å². The fourth-order valence-corrected chi connectivity index (χ4v) is 3.11. The second-order valence-corrected chi connectivity index (χ2v) is 6.26. The van der Waals surface area contributed by atoms with Gasteiger partial charge in [0.05, 0.1) is 18.5 Å². The van der Waals surface area contributed by atoms with E-state index in [4.69, 9.17) is 4.42 Å². The molecule has 0 radical (unpaired) electrons. The molecule has 2 N–H and O–H groups in total. The van der Waals surface area contributed by atoms with Gasteiger partial charge in [-0.25, -0.2) is 0 Å². The molecule has 2 aromatic heterocycles. The molecule has 136 valence electrons. The molecule has 0 atom stereocenters. The number of hydrogen-bond acceptors (Lipinski definition) is 3. The van der Waals surface area contributed by atoms with Gasteiger partial charge in [0, 0.05) is 16.5 Å². The Balaban J connectivity index is 1.74. The highest BCUT2D eigenvalue weighted by Crippen LogP contribution is 2.32. The topological polar surface area (TPSA) is 81.8 Å². The molecule has 4 rings (SSSR count). The number of nitrogens with zero attached hydrogens (tertiary/aromatic N) is 1. The molecule has 1 amide bonds. The second kappa shape index (κ2) is 7.68. The monoisotopic (exact) mass is 367 g/mol. The fraction of sp³-hybridized carbons (Fsp3) is 0.0435. The van der Waals surface area contributed by atoms with Gasteiger partial charge in [-0.1, -0.05) is 48.5 Å². The highest BCUT2D eigenvalue weighted by Gasteiger charge is 2.15. The van der Waals surface area contributed by atoms with E-state index in [0.717, 1.165) is 27.7 Å². The van der Waals surface area contributed by atoms with Gasteiger partial charge in [-0.15, -0.1) is 0 Å². The van der Waals surface area contributed by atoms with Crippen LogP contribution in [0.5, 0.6) is 0 Å². The second-order valence-electron chi connectivity index (χ2n) is 6.26. The Morgan fingerprint density at radius 3 is 2.61 bits per heavy atom. The lowest BCUT2D eigenvalue weighted by molar-refractivity contribution is -0.117. The summed E-state index contributed by atoms with van der Waals surface area (Å²) >= 11 is 0. The van der Waals surface area contributed by atoms with Crippen LogP contribution >= 0.6 is 0 Å². The number of aromatic amines is 1. The van der Waals surface area contributed by atoms with E-state index in [-0.39, 0.29) is 12.1 Å². The first kappa shape index (κ1) is 17.4. The third-order valence-corrected chi connectivity index (χ3v) is 4.47. The molecule has 0 fully saturated rings. The number of fused-ring (bicyclic) bond motifs is 1. The van der Waals surface area contributed by atoms with Gasteiger partial charge in [-0.05, 0) is 29.8 Å². The SMILES string of the molecule is N#C/C(=C/c1c(-c2ccccc2)[nH]c2ccccc12)C(=O)NCc1ccco1. The molecular formula is C23H17N3O2. The van der Waals surface area contributed by atoms with Crippen molar-refractivity contribution in [2.24, 2.45) is 0 Å². The number of H-pyrrole nitrogens is 1. The minimum Gasteiger partial charge on any atom is -0.467 e. The van der Waals surface area contributed by atoms with Gasteiger partial charge in [0.15, 0.2) is 0 Å². The summed E-state index contributed by atoms with van der Waals surface area (Å²) in [6.07, 6.45) is 3.18. The van der Waals surface area contributed by atoms with Crippen LogP contribution in [0.25, 0.3) is 28.2 Å². The lowest BCUT2D eigenvalue weighted by Crippen LogP contribution is -2.23. The van der Waals surface area contributed by atoms with Crippen LogP contribution in [0, 0.1) is 11.3 Å². The zero-order valence-electron chi connectivity index (χ0n) is 15.0. The van der Waals surface area contributed by atoms with Crippen LogP contribution in [0.15, 0.2) is 83.0 Å². The number of benzene rings is 2. The van der Waals surface area contributed by atoms with Crippen molar-refractivity contribution >= 4 is 22.9 Å². The average Bonchev–Trinajstić information content (AvgIpc) is 3.39. The van der Waals surface area contributed by atoms with Gasteiger partial charge in [-0.3, -0.25) is 4.79 Å². The molecule has 5 heteroatoms. The minimum atomic E-state index is -0.441. The number of rotatable bonds is 5. The van der Waals surface area contributed by atoms with E-state index >= 15 is 0 Å². The maximum atomic E-state index is 12.5. The molecule has 5 nitrogen and oxygen atoms in total. The van der Waals surface area contributed by atoms with E-state index in [1.807, 2.05) is 60.7 Å². The number of furan rings is 1. The van der Waals surface area contributed by atoms with Crippen LogP contribution in [-0.4, -0.2) is 10.9 Å². The summed E-state index contributed by atoms with van der Waals surface area (Å²) in [5, 5.41) is 13.2. The van der Waals surface area contributed by atoms with Gasteiger partial charge < -0.3 is 14.7 Å². The van der Waals surface area contributed by atoms with E-state index in [1.54, 1.807) is 24.5 Å². The first-order chi connectivity index (χ1) is 13.8. The van der Waals surface area contributed by atoms with Crippen molar-refractivity contribution in [2.45, 2.75) is 6.54 Å². The average molecular weight is 367 g/mol. The van der Waals surface area contributed by atoms with Crippen molar-refractivity contribution in [1.82, 2.24) is 10.3 Å². The Morgan fingerprint density at radius 1 is 1.07 bits per heavy atom. The van der Waals surface area contributed by atoms with Crippen molar-refractivity contribution < 1.29 is 9.21 Å². The minimum absolute atomic E-state index is 0.0356. The maximum absolute atomic E-state index is 12.5. The van der Waals surface area contributed by atoms with Crippen molar-refractivity contribution in [2.75, 3.05) is 0 Å². The summed E-state index contributed by atoms with van der Waals surface area (Å²) in [6, 6.07) is 23.2. The van der Waals surface area contributed by atoms with Crippen molar-refractivity contribution in [1.29, 1.82) is 5.26 Å². The van der Waals surface area contributed by atoms with E-state index in [9.17, 15) is 10.1 Å². The first-order valence-corrected chi connectivity index (χ1v) is 8.85. The van der Waals surface area contributed by atoms with Gasteiger partial charge >= 0.3 is 0 Å². The molecule has 0 unspecified atom stereocenters. The number of aromatic nitrogens is 1. The Bertz CT molecular complexity index is 1180. The lowest BCUT2D eigenvalue weighted by Gasteiger charge is -2.04. The molecular weight excluding hydrogens is 350 g/mol. The Labute approximate surface area is 161 Å². The molecule has 0 aliphatic heterocycles. The summed E-state index contributed by atoms with van der Waals surface area (Å²) in [7, 11) is 0. The summed E-state index contributed by atoms with van der Waals surface area (Å²) in [5.74, 6) is 0.186. The van der Waals surface area contributed by atoms with Crippen LogP contribution < -0.4 is 5.32 Å².